The van der Waals surface area contributed by atoms with Crippen molar-refractivity contribution in [1.29, 1.82) is 0 Å². The van der Waals surface area contributed by atoms with Crippen LogP contribution in [-0.4, -0.2) is 12.3 Å². The Labute approximate surface area is 94.0 Å². The van der Waals surface area contributed by atoms with Gasteiger partial charge in [-0.05, 0) is 24.1 Å². The summed E-state index contributed by atoms with van der Waals surface area (Å²) in [7, 11) is 1.63. The average Bonchev–Trinajstić information content (AvgIpc) is 2.74. The fraction of sp³-hybridized carbons (Fsp3) is 0.250. The maximum absolute atomic E-state index is 5.73. The summed E-state index contributed by atoms with van der Waals surface area (Å²) in [6.07, 6.45) is 2.49. The number of nitrogen functional groups attached to an aromatic ring is 1. The third-order valence-electron chi connectivity index (χ3n) is 2.56. The third-order valence-corrected chi connectivity index (χ3v) is 2.56. The summed E-state index contributed by atoms with van der Waals surface area (Å²) in [5, 5.41) is 3.67. The minimum absolute atomic E-state index is 0.381. The minimum Gasteiger partial charge on any atom is -0.496 e. The van der Waals surface area contributed by atoms with Crippen molar-refractivity contribution < 1.29 is 9.26 Å². The molecular weight excluding hydrogens is 204 g/mol. The summed E-state index contributed by atoms with van der Waals surface area (Å²) in [6.45, 7) is 2.10. The van der Waals surface area contributed by atoms with Crippen LogP contribution in [0.3, 0.4) is 0 Å². The molecule has 0 saturated carbocycles. The molecule has 0 aliphatic carbocycles. The Balaban J connectivity index is 2.57. The molecule has 1 aromatic carbocycles. The Morgan fingerprint density at radius 3 is 2.75 bits per heavy atom. The van der Waals surface area contributed by atoms with Crippen molar-refractivity contribution in [3.63, 3.8) is 0 Å². The van der Waals surface area contributed by atoms with Crippen LogP contribution in [0, 0.1) is 0 Å². The molecule has 4 heteroatoms. The summed E-state index contributed by atoms with van der Waals surface area (Å²) >= 11 is 0. The molecule has 1 aromatic heterocycles. The van der Waals surface area contributed by atoms with Crippen molar-refractivity contribution in [2.45, 2.75) is 13.3 Å². The topological polar surface area (TPSA) is 61.3 Å². The molecule has 2 N–H and O–H groups in total. The largest absolute Gasteiger partial charge is 0.496 e. The lowest BCUT2D eigenvalue weighted by atomic mass is 10.0. The number of hydrogen-bond acceptors (Lipinski definition) is 4. The van der Waals surface area contributed by atoms with Gasteiger partial charge in [0.1, 0.15) is 12.0 Å². The first kappa shape index (κ1) is 10.5. The number of methoxy groups -OCH3 is 1. The molecule has 16 heavy (non-hydrogen) atoms. The molecule has 0 bridgehead atoms. The van der Waals surface area contributed by atoms with E-state index in [0.29, 0.717) is 5.82 Å². The van der Waals surface area contributed by atoms with Gasteiger partial charge in [-0.2, -0.15) is 0 Å². The second-order valence-corrected chi connectivity index (χ2v) is 3.50. The van der Waals surface area contributed by atoms with E-state index in [1.807, 2.05) is 18.2 Å². The number of aryl methyl sites for hydroxylation is 1. The molecule has 0 amide bonds. The summed E-state index contributed by atoms with van der Waals surface area (Å²) in [6, 6.07) is 6.01. The monoisotopic (exact) mass is 218 g/mol. The molecule has 0 spiro atoms. The highest BCUT2D eigenvalue weighted by molar-refractivity contribution is 5.78. The zero-order chi connectivity index (χ0) is 11.5. The van der Waals surface area contributed by atoms with Crippen LogP contribution in [0.5, 0.6) is 5.75 Å². The Bertz CT molecular complexity index is 492. The van der Waals surface area contributed by atoms with E-state index in [-0.39, 0.29) is 0 Å². The number of ether oxygens (including phenoxy) is 1. The Morgan fingerprint density at radius 1 is 1.38 bits per heavy atom. The quantitative estimate of drug-likeness (QED) is 0.859. The van der Waals surface area contributed by atoms with Crippen LogP contribution < -0.4 is 10.5 Å². The van der Waals surface area contributed by atoms with E-state index in [0.717, 1.165) is 23.3 Å². The first-order valence-electron chi connectivity index (χ1n) is 5.13. The molecular formula is C12H14N2O2. The highest BCUT2D eigenvalue weighted by atomic mass is 16.5. The zero-order valence-electron chi connectivity index (χ0n) is 9.36. The predicted molar refractivity (Wildman–Crippen MR) is 62.3 cm³/mol. The van der Waals surface area contributed by atoms with Gasteiger partial charge in [0.15, 0.2) is 5.82 Å². The van der Waals surface area contributed by atoms with Crippen molar-refractivity contribution in [3.8, 4) is 16.9 Å². The van der Waals surface area contributed by atoms with Crippen LogP contribution in [0.4, 0.5) is 5.82 Å². The van der Waals surface area contributed by atoms with E-state index in [1.54, 1.807) is 7.11 Å². The molecule has 4 nitrogen and oxygen atoms in total. The number of hydrogen-bond donors (Lipinski definition) is 1. The van der Waals surface area contributed by atoms with Gasteiger partial charge < -0.3 is 15.0 Å². The summed E-state index contributed by atoms with van der Waals surface area (Å²) < 4.78 is 10.1. The molecule has 1 heterocycles. The highest BCUT2D eigenvalue weighted by Gasteiger charge is 2.12. The fourth-order valence-electron chi connectivity index (χ4n) is 1.63. The van der Waals surface area contributed by atoms with Crippen molar-refractivity contribution in [1.82, 2.24) is 5.16 Å². The summed E-state index contributed by atoms with van der Waals surface area (Å²) in [5.41, 5.74) is 8.63. The van der Waals surface area contributed by atoms with Crippen LogP contribution >= 0.6 is 0 Å². The molecule has 0 aliphatic heterocycles. The second-order valence-electron chi connectivity index (χ2n) is 3.50. The number of anilines is 1. The van der Waals surface area contributed by atoms with E-state index in [9.17, 15) is 0 Å². The van der Waals surface area contributed by atoms with E-state index in [4.69, 9.17) is 15.0 Å². The average molecular weight is 218 g/mol. The SMILES string of the molecule is CCc1ccc(OC)c(-c2conc2N)c1. The first-order valence-corrected chi connectivity index (χ1v) is 5.13. The molecule has 84 valence electrons. The zero-order valence-corrected chi connectivity index (χ0v) is 9.36. The standard InChI is InChI=1S/C12H14N2O2/c1-3-8-4-5-11(15-2)9(6-8)10-7-16-14-12(10)13/h4-7H,3H2,1-2H3,(H2,13,14). The molecule has 0 unspecified atom stereocenters. The maximum Gasteiger partial charge on any atom is 0.174 e. The van der Waals surface area contributed by atoms with Gasteiger partial charge in [-0.15, -0.1) is 0 Å². The van der Waals surface area contributed by atoms with Crippen LogP contribution in [0.15, 0.2) is 29.0 Å². The van der Waals surface area contributed by atoms with E-state index >= 15 is 0 Å². The predicted octanol–water partition coefficient (Wildman–Crippen LogP) is 2.49. The Morgan fingerprint density at radius 2 is 2.19 bits per heavy atom. The summed E-state index contributed by atoms with van der Waals surface area (Å²) in [4.78, 5) is 0. The van der Waals surface area contributed by atoms with Crippen LogP contribution in [0.25, 0.3) is 11.1 Å². The molecule has 2 aromatic rings. The van der Waals surface area contributed by atoms with Crippen LogP contribution in [0.2, 0.25) is 0 Å². The first-order chi connectivity index (χ1) is 7.76. The highest BCUT2D eigenvalue weighted by Crippen LogP contribution is 2.34. The van der Waals surface area contributed by atoms with Gasteiger partial charge in [0.05, 0.1) is 12.7 Å². The van der Waals surface area contributed by atoms with Gasteiger partial charge in [0.25, 0.3) is 0 Å². The normalized spacial score (nSPS) is 10.4. The Kier molecular flexibility index (Phi) is 2.81. The molecule has 0 fully saturated rings. The van der Waals surface area contributed by atoms with Gasteiger partial charge in [-0.1, -0.05) is 18.1 Å². The lowest BCUT2D eigenvalue weighted by Gasteiger charge is -2.08. The number of nitrogens with two attached hydrogens (primary N) is 1. The lowest BCUT2D eigenvalue weighted by molar-refractivity contribution is 0.415. The smallest absolute Gasteiger partial charge is 0.174 e. The van der Waals surface area contributed by atoms with Gasteiger partial charge in [0, 0.05) is 5.56 Å². The summed E-state index contributed by atoms with van der Waals surface area (Å²) in [5.74, 6) is 1.15. The van der Waals surface area contributed by atoms with E-state index in [1.165, 1.54) is 11.8 Å². The molecule has 0 atom stereocenters. The van der Waals surface area contributed by atoms with Crippen molar-refractivity contribution >= 4 is 5.82 Å². The molecule has 0 saturated heterocycles. The molecule has 2 rings (SSSR count). The lowest BCUT2D eigenvalue weighted by Crippen LogP contribution is -1.93. The third kappa shape index (κ3) is 1.74. The van der Waals surface area contributed by atoms with Gasteiger partial charge in [-0.25, -0.2) is 0 Å². The van der Waals surface area contributed by atoms with Gasteiger partial charge in [0.2, 0.25) is 0 Å². The van der Waals surface area contributed by atoms with Crippen molar-refractivity contribution in [2.75, 3.05) is 12.8 Å². The molecule has 0 radical (unpaired) electrons. The minimum atomic E-state index is 0.381. The molecule has 0 aliphatic rings. The Hall–Kier alpha value is -1.97. The van der Waals surface area contributed by atoms with E-state index in [2.05, 4.69) is 12.1 Å². The number of nitrogens with zero attached hydrogens (tertiary/aromatic N) is 1. The number of rotatable bonds is 3. The number of aromatic nitrogens is 1. The van der Waals surface area contributed by atoms with Crippen molar-refractivity contribution in [3.05, 3.63) is 30.0 Å². The van der Waals surface area contributed by atoms with Crippen LogP contribution in [-0.2, 0) is 6.42 Å². The second kappa shape index (κ2) is 4.26. The van der Waals surface area contributed by atoms with E-state index < -0.39 is 0 Å². The number of benzene rings is 1. The van der Waals surface area contributed by atoms with Gasteiger partial charge in [-0.3, -0.25) is 0 Å². The van der Waals surface area contributed by atoms with Gasteiger partial charge >= 0.3 is 0 Å². The maximum atomic E-state index is 5.73. The van der Waals surface area contributed by atoms with Crippen LogP contribution in [0.1, 0.15) is 12.5 Å². The van der Waals surface area contributed by atoms with Crippen molar-refractivity contribution in [2.24, 2.45) is 0 Å². The fourth-order valence-corrected chi connectivity index (χ4v) is 1.63.